The number of nitrogens with two attached hydrogens (primary N) is 1. The normalized spacial score (nSPS) is 12.3. The highest BCUT2D eigenvalue weighted by Crippen LogP contribution is 2.30. The molecule has 0 unspecified atom stereocenters. The number of rotatable bonds is 3. The van der Waals surface area contributed by atoms with Crippen molar-refractivity contribution in [2.24, 2.45) is 5.73 Å². The lowest BCUT2D eigenvalue weighted by atomic mass is 10.1. The first kappa shape index (κ1) is 14.0. The van der Waals surface area contributed by atoms with E-state index in [-0.39, 0.29) is 11.9 Å². The highest BCUT2D eigenvalue weighted by atomic mass is 79.9. The highest BCUT2D eigenvalue weighted by molar-refractivity contribution is 9.10. The summed E-state index contributed by atoms with van der Waals surface area (Å²) in [6.45, 7) is 3.63. The van der Waals surface area contributed by atoms with Crippen LogP contribution in [-0.2, 0) is 0 Å². The fourth-order valence-corrected chi connectivity index (χ4v) is 2.48. The van der Waals surface area contributed by atoms with Crippen LogP contribution in [0.2, 0.25) is 0 Å². The first-order valence-corrected chi connectivity index (χ1v) is 6.75. The standard InChI is InChI=1S/C15H15BrFNO/c1-9-7-11(4-6-15(9)17)19-12-3-5-13(10(2)18)14(16)8-12/h3-8,10H,18H2,1-2H3/t10-/m1/s1. The van der Waals surface area contributed by atoms with Gasteiger partial charge in [0.05, 0.1) is 0 Å². The van der Waals surface area contributed by atoms with Crippen LogP contribution in [0.3, 0.4) is 0 Å². The van der Waals surface area contributed by atoms with E-state index in [1.165, 1.54) is 6.07 Å². The third-order valence-electron chi connectivity index (χ3n) is 2.83. The Labute approximate surface area is 120 Å². The molecule has 0 saturated heterocycles. The van der Waals surface area contributed by atoms with Crippen LogP contribution in [0.4, 0.5) is 4.39 Å². The van der Waals surface area contributed by atoms with Gasteiger partial charge in [-0.25, -0.2) is 4.39 Å². The van der Waals surface area contributed by atoms with E-state index in [0.717, 1.165) is 10.0 Å². The lowest BCUT2D eigenvalue weighted by Gasteiger charge is -2.11. The number of hydrogen-bond donors (Lipinski definition) is 1. The summed E-state index contributed by atoms with van der Waals surface area (Å²) in [5.74, 6) is 1.06. The average Bonchev–Trinajstić information content (AvgIpc) is 2.33. The molecule has 2 N–H and O–H groups in total. The SMILES string of the molecule is Cc1cc(Oc2ccc([C@@H](C)N)c(Br)c2)ccc1F. The third kappa shape index (κ3) is 3.33. The molecule has 0 amide bonds. The van der Waals surface area contributed by atoms with Gasteiger partial charge in [0, 0.05) is 10.5 Å². The van der Waals surface area contributed by atoms with Gasteiger partial charge in [0.15, 0.2) is 0 Å². The number of aryl methyl sites for hydroxylation is 1. The van der Waals surface area contributed by atoms with Crippen molar-refractivity contribution in [2.75, 3.05) is 0 Å². The van der Waals surface area contributed by atoms with Crippen molar-refractivity contribution in [3.63, 3.8) is 0 Å². The van der Waals surface area contributed by atoms with E-state index >= 15 is 0 Å². The van der Waals surface area contributed by atoms with Gasteiger partial charge in [0.2, 0.25) is 0 Å². The summed E-state index contributed by atoms with van der Waals surface area (Å²) in [4.78, 5) is 0. The minimum absolute atomic E-state index is 0.0449. The fraction of sp³-hybridized carbons (Fsp3) is 0.200. The quantitative estimate of drug-likeness (QED) is 0.887. The Morgan fingerprint density at radius 1 is 1.16 bits per heavy atom. The molecular weight excluding hydrogens is 309 g/mol. The van der Waals surface area contributed by atoms with Gasteiger partial charge in [-0.1, -0.05) is 22.0 Å². The summed E-state index contributed by atoms with van der Waals surface area (Å²) in [5.41, 5.74) is 7.42. The van der Waals surface area contributed by atoms with E-state index in [4.69, 9.17) is 10.5 Å². The van der Waals surface area contributed by atoms with Gasteiger partial charge >= 0.3 is 0 Å². The molecule has 2 aromatic carbocycles. The molecule has 0 aliphatic rings. The van der Waals surface area contributed by atoms with Crippen LogP contribution in [-0.4, -0.2) is 0 Å². The number of halogens is 2. The highest BCUT2D eigenvalue weighted by Gasteiger charge is 2.07. The lowest BCUT2D eigenvalue weighted by Crippen LogP contribution is -2.05. The van der Waals surface area contributed by atoms with Crippen molar-refractivity contribution < 1.29 is 9.13 Å². The van der Waals surface area contributed by atoms with Crippen molar-refractivity contribution in [1.82, 2.24) is 0 Å². The van der Waals surface area contributed by atoms with Crippen molar-refractivity contribution in [3.05, 3.63) is 57.8 Å². The fourth-order valence-electron chi connectivity index (χ4n) is 1.76. The maximum atomic E-state index is 13.2. The van der Waals surface area contributed by atoms with Gasteiger partial charge < -0.3 is 10.5 Å². The largest absolute Gasteiger partial charge is 0.457 e. The van der Waals surface area contributed by atoms with Crippen molar-refractivity contribution in [1.29, 1.82) is 0 Å². The van der Waals surface area contributed by atoms with Gasteiger partial charge in [0.25, 0.3) is 0 Å². The van der Waals surface area contributed by atoms with E-state index in [9.17, 15) is 4.39 Å². The molecule has 2 rings (SSSR count). The number of hydrogen-bond acceptors (Lipinski definition) is 2. The van der Waals surface area contributed by atoms with Crippen LogP contribution >= 0.6 is 15.9 Å². The Balaban J connectivity index is 2.24. The van der Waals surface area contributed by atoms with Crippen LogP contribution in [0.1, 0.15) is 24.1 Å². The minimum atomic E-state index is -0.235. The second-order valence-electron chi connectivity index (χ2n) is 4.49. The van der Waals surface area contributed by atoms with Crippen molar-refractivity contribution in [2.45, 2.75) is 19.9 Å². The Morgan fingerprint density at radius 3 is 2.37 bits per heavy atom. The second kappa shape index (κ2) is 5.72. The molecule has 19 heavy (non-hydrogen) atoms. The van der Waals surface area contributed by atoms with Crippen LogP contribution < -0.4 is 10.5 Å². The molecule has 4 heteroatoms. The lowest BCUT2D eigenvalue weighted by molar-refractivity contribution is 0.479. The smallest absolute Gasteiger partial charge is 0.128 e. The van der Waals surface area contributed by atoms with E-state index in [2.05, 4.69) is 15.9 Å². The molecule has 0 bridgehead atoms. The number of benzene rings is 2. The molecule has 0 spiro atoms. The summed E-state index contributed by atoms with van der Waals surface area (Å²) < 4.78 is 19.8. The Bertz CT molecular complexity index is 599. The zero-order valence-corrected chi connectivity index (χ0v) is 12.4. The van der Waals surface area contributed by atoms with Crippen LogP contribution in [0.25, 0.3) is 0 Å². The van der Waals surface area contributed by atoms with E-state index < -0.39 is 0 Å². The van der Waals surface area contributed by atoms with Gasteiger partial charge in [-0.05, 0) is 55.3 Å². The predicted octanol–water partition coefficient (Wildman–Crippen LogP) is 4.71. The third-order valence-corrected chi connectivity index (χ3v) is 3.51. The molecule has 2 nitrogen and oxygen atoms in total. The Kier molecular flexibility index (Phi) is 4.22. The first-order chi connectivity index (χ1) is 8.97. The van der Waals surface area contributed by atoms with Gasteiger partial charge in [-0.15, -0.1) is 0 Å². The minimum Gasteiger partial charge on any atom is -0.457 e. The molecule has 0 aliphatic carbocycles. The van der Waals surface area contributed by atoms with Crippen molar-refractivity contribution >= 4 is 15.9 Å². The maximum absolute atomic E-state index is 13.2. The molecule has 100 valence electrons. The van der Waals surface area contributed by atoms with Crippen molar-refractivity contribution in [3.8, 4) is 11.5 Å². The second-order valence-corrected chi connectivity index (χ2v) is 5.34. The van der Waals surface area contributed by atoms with Gasteiger partial charge in [0.1, 0.15) is 17.3 Å². The average molecular weight is 324 g/mol. The van der Waals surface area contributed by atoms with Crippen LogP contribution in [0, 0.1) is 12.7 Å². The van der Waals surface area contributed by atoms with E-state index in [1.54, 1.807) is 19.1 Å². The Morgan fingerprint density at radius 2 is 1.79 bits per heavy atom. The summed E-state index contributed by atoms with van der Waals surface area (Å²) in [6, 6.07) is 10.3. The van der Waals surface area contributed by atoms with Crippen LogP contribution in [0.5, 0.6) is 11.5 Å². The summed E-state index contributed by atoms with van der Waals surface area (Å²) in [7, 11) is 0. The molecular formula is C15H15BrFNO. The van der Waals surface area contributed by atoms with Gasteiger partial charge in [-0.2, -0.15) is 0 Å². The summed E-state index contributed by atoms with van der Waals surface area (Å²) in [6.07, 6.45) is 0. The molecule has 0 radical (unpaired) electrons. The number of ether oxygens (including phenoxy) is 1. The maximum Gasteiger partial charge on any atom is 0.128 e. The molecule has 0 saturated carbocycles. The first-order valence-electron chi connectivity index (χ1n) is 5.96. The molecule has 0 fully saturated rings. The molecule has 1 atom stereocenters. The topological polar surface area (TPSA) is 35.2 Å². The molecule has 2 aromatic rings. The predicted molar refractivity (Wildman–Crippen MR) is 78.0 cm³/mol. The Hall–Kier alpha value is -1.39. The molecule has 0 aliphatic heterocycles. The summed E-state index contributed by atoms with van der Waals surface area (Å²) >= 11 is 3.47. The zero-order valence-electron chi connectivity index (χ0n) is 10.8. The summed E-state index contributed by atoms with van der Waals surface area (Å²) in [5, 5.41) is 0. The van der Waals surface area contributed by atoms with E-state index in [0.29, 0.717) is 17.1 Å². The van der Waals surface area contributed by atoms with E-state index in [1.807, 2.05) is 25.1 Å². The monoisotopic (exact) mass is 323 g/mol. The zero-order chi connectivity index (χ0) is 14.0. The molecule has 0 aromatic heterocycles. The molecule has 0 heterocycles. The van der Waals surface area contributed by atoms with Crippen LogP contribution in [0.15, 0.2) is 40.9 Å². The van der Waals surface area contributed by atoms with Gasteiger partial charge in [-0.3, -0.25) is 0 Å².